The Balaban J connectivity index is 1.94. The number of nitrogens with zero attached hydrogens (tertiary/aromatic N) is 1. The summed E-state index contributed by atoms with van der Waals surface area (Å²) in [5, 5.41) is 0. The van der Waals surface area contributed by atoms with Gasteiger partial charge in [-0.2, -0.15) is 4.57 Å². The second-order valence-corrected chi connectivity index (χ2v) is 6.54. The quantitative estimate of drug-likeness (QED) is 0.435. The smallest absolute Gasteiger partial charge is 0.219 e. The van der Waals surface area contributed by atoms with Crippen LogP contribution in [0.3, 0.4) is 0 Å². The van der Waals surface area contributed by atoms with Crippen LogP contribution in [0, 0.1) is 6.92 Å². The van der Waals surface area contributed by atoms with E-state index in [-0.39, 0.29) is 0 Å². The average molecular weight is 352 g/mol. The fourth-order valence-electron chi connectivity index (χ4n) is 3.43. The van der Waals surface area contributed by atoms with Crippen molar-refractivity contribution in [3.8, 4) is 33.8 Å². The molecule has 4 rings (SSSR count). The number of hydrogen-bond donors (Lipinski definition) is 0. The summed E-state index contributed by atoms with van der Waals surface area (Å²) in [5.74, 6) is 0.860. The molecule has 0 radical (unpaired) electrons. The van der Waals surface area contributed by atoms with Crippen molar-refractivity contribution in [1.29, 1.82) is 0 Å². The van der Waals surface area contributed by atoms with E-state index in [2.05, 4.69) is 96.4 Å². The summed E-state index contributed by atoms with van der Waals surface area (Å²) < 4.78 is 7.61. The molecule has 0 unspecified atom stereocenters. The third-order valence-electron chi connectivity index (χ3n) is 4.76. The maximum absolute atomic E-state index is 5.32. The lowest BCUT2D eigenvalue weighted by molar-refractivity contribution is -0.591. The lowest BCUT2D eigenvalue weighted by Gasteiger charge is -2.10. The van der Waals surface area contributed by atoms with Gasteiger partial charge in [-0.05, 0) is 35.4 Å². The third kappa shape index (κ3) is 3.47. The molecule has 27 heavy (non-hydrogen) atoms. The molecule has 0 saturated carbocycles. The zero-order valence-electron chi connectivity index (χ0n) is 15.6. The van der Waals surface area contributed by atoms with Crippen LogP contribution in [-0.4, -0.2) is 7.11 Å². The van der Waals surface area contributed by atoms with Crippen LogP contribution >= 0.6 is 0 Å². The van der Waals surface area contributed by atoms with Crippen molar-refractivity contribution in [2.45, 2.75) is 6.92 Å². The van der Waals surface area contributed by atoms with Gasteiger partial charge in [0.15, 0.2) is 5.69 Å². The van der Waals surface area contributed by atoms with Crippen LogP contribution in [0.2, 0.25) is 0 Å². The van der Waals surface area contributed by atoms with Crippen molar-refractivity contribution in [2.75, 3.05) is 7.11 Å². The molecule has 0 saturated heterocycles. The molecule has 0 amide bonds. The number of aryl methyl sites for hydroxylation is 1. The first-order valence-electron chi connectivity index (χ1n) is 9.08. The molecule has 0 atom stereocenters. The van der Waals surface area contributed by atoms with Gasteiger partial charge < -0.3 is 4.74 Å². The highest BCUT2D eigenvalue weighted by atomic mass is 16.5. The van der Waals surface area contributed by atoms with Crippen LogP contribution in [0.25, 0.3) is 28.1 Å². The van der Waals surface area contributed by atoms with E-state index in [1.807, 2.05) is 12.1 Å². The highest BCUT2D eigenvalue weighted by Crippen LogP contribution is 2.26. The number of ether oxygens (including phenoxy) is 1. The Bertz CT molecular complexity index is 1040. The Morgan fingerprint density at radius 1 is 0.630 bits per heavy atom. The van der Waals surface area contributed by atoms with Crippen LogP contribution < -0.4 is 9.30 Å². The van der Waals surface area contributed by atoms with Crippen LogP contribution in [0.15, 0.2) is 97.1 Å². The van der Waals surface area contributed by atoms with Crippen LogP contribution in [-0.2, 0) is 0 Å². The van der Waals surface area contributed by atoms with E-state index in [9.17, 15) is 0 Å². The van der Waals surface area contributed by atoms with Gasteiger partial charge in [0.05, 0.1) is 7.11 Å². The summed E-state index contributed by atoms with van der Waals surface area (Å²) in [6.45, 7) is 2.16. The van der Waals surface area contributed by atoms with Crippen molar-refractivity contribution >= 4 is 0 Å². The normalized spacial score (nSPS) is 10.6. The van der Waals surface area contributed by atoms with Gasteiger partial charge in [0.2, 0.25) is 11.4 Å². The molecule has 0 aliphatic heterocycles. The summed E-state index contributed by atoms with van der Waals surface area (Å²) in [6, 6.07) is 33.8. The van der Waals surface area contributed by atoms with Crippen molar-refractivity contribution in [2.24, 2.45) is 0 Å². The summed E-state index contributed by atoms with van der Waals surface area (Å²) >= 11 is 0. The molecule has 4 aromatic rings. The topological polar surface area (TPSA) is 13.1 Å². The van der Waals surface area contributed by atoms with E-state index in [0.717, 1.165) is 11.4 Å². The molecule has 0 aliphatic rings. The largest absolute Gasteiger partial charge is 0.497 e. The number of hydrogen-bond acceptors (Lipinski definition) is 1. The van der Waals surface area contributed by atoms with Gasteiger partial charge in [0.25, 0.3) is 0 Å². The van der Waals surface area contributed by atoms with Crippen molar-refractivity contribution < 1.29 is 9.30 Å². The van der Waals surface area contributed by atoms with Gasteiger partial charge >= 0.3 is 0 Å². The second-order valence-electron chi connectivity index (χ2n) is 6.54. The first-order valence-corrected chi connectivity index (χ1v) is 9.08. The lowest BCUT2D eigenvalue weighted by atomic mass is 10.0. The van der Waals surface area contributed by atoms with Crippen LogP contribution in [0.1, 0.15) is 5.69 Å². The first-order chi connectivity index (χ1) is 13.3. The minimum Gasteiger partial charge on any atom is -0.497 e. The third-order valence-corrected chi connectivity index (χ3v) is 4.76. The van der Waals surface area contributed by atoms with E-state index in [4.69, 9.17) is 4.74 Å². The second kappa shape index (κ2) is 7.46. The number of benzene rings is 3. The van der Waals surface area contributed by atoms with E-state index < -0.39 is 0 Å². The maximum atomic E-state index is 5.32. The molecule has 132 valence electrons. The minimum atomic E-state index is 0.860. The molecule has 1 heterocycles. The fraction of sp³-hybridized carbons (Fsp3) is 0.0800. The van der Waals surface area contributed by atoms with E-state index in [1.165, 1.54) is 28.1 Å². The summed E-state index contributed by atoms with van der Waals surface area (Å²) in [6.07, 6.45) is 0. The van der Waals surface area contributed by atoms with Crippen molar-refractivity contribution in [1.82, 2.24) is 0 Å². The van der Waals surface area contributed by atoms with Gasteiger partial charge in [-0.3, -0.25) is 0 Å². The average Bonchev–Trinajstić information content (AvgIpc) is 2.74. The van der Waals surface area contributed by atoms with Crippen molar-refractivity contribution in [3.63, 3.8) is 0 Å². The first kappa shape index (κ1) is 17.0. The zero-order valence-corrected chi connectivity index (χ0v) is 15.6. The van der Waals surface area contributed by atoms with Gasteiger partial charge in [-0.15, -0.1) is 0 Å². The Morgan fingerprint density at radius 3 is 1.81 bits per heavy atom. The molecular weight excluding hydrogens is 330 g/mol. The summed E-state index contributed by atoms with van der Waals surface area (Å²) in [4.78, 5) is 0. The molecular formula is C25H22NO+. The van der Waals surface area contributed by atoms with Gasteiger partial charge in [-0.1, -0.05) is 48.5 Å². The zero-order chi connectivity index (χ0) is 18.6. The minimum absolute atomic E-state index is 0.860. The van der Waals surface area contributed by atoms with Crippen LogP contribution in [0.4, 0.5) is 0 Å². The van der Waals surface area contributed by atoms with Gasteiger partial charge in [0, 0.05) is 36.8 Å². The summed E-state index contributed by atoms with van der Waals surface area (Å²) in [7, 11) is 1.69. The SMILES string of the molecule is COc1ccc(-[n+]2c(C)cc(-c3ccccc3)cc2-c2ccccc2)cc1. The van der Waals surface area contributed by atoms with Crippen molar-refractivity contribution in [3.05, 3.63) is 103 Å². The lowest BCUT2D eigenvalue weighted by Crippen LogP contribution is -2.37. The number of pyridine rings is 1. The fourth-order valence-corrected chi connectivity index (χ4v) is 3.43. The molecule has 0 bridgehead atoms. The van der Waals surface area contributed by atoms with Gasteiger partial charge in [0.1, 0.15) is 5.75 Å². The highest BCUT2D eigenvalue weighted by molar-refractivity contribution is 5.69. The molecule has 2 nitrogen and oxygen atoms in total. The standard InChI is InChI=1S/C25H22NO/c1-19-17-22(20-9-5-3-6-10-20)18-25(21-11-7-4-8-12-21)26(19)23-13-15-24(27-2)16-14-23/h3-18H,1-2H3/q+1. The van der Waals surface area contributed by atoms with Crippen LogP contribution in [0.5, 0.6) is 5.75 Å². The Hall–Kier alpha value is -3.39. The Morgan fingerprint density at radius 2 is 1.22 bits per heavy atom. The van der Waals surface area contributed by atoms with E-state index >= 15 is 0 Å². The molecule has 3 aromatic carbocycles. The molecule has 0 N–H and O–H groups in total. The Kier molecular flexibility index (Phi) is 4.71. The molecule has 0 spiro atoms. The predicted octanol–water partition coefficient (Wildman–Crippen LogP) is 5.61. The predicted molar refractivity (Wildman–Crippen MR) is 110 cm³/mol. The highest BCUT2D eigenvalue weighted by Gasteiger charge is 2.21. The number of aromatic nitrogens is 1. The molecule has 0 aliphatic carbocycles. The number of rotatable bonds is 4. The maximum Gasteiger partial charge on any atom is 0.219 e. The van der Waals surface area contributed by atoms with Gasteiger partial charge in [-0.25, -0.2) is 0 Å². The Labute approximate surface area is 160 Å². The molecule has 1 aromatic heterocycles. The summed E-state index contributed by atoms with van der Waals surface area (Å²) in [5.41, 5.74) is 7.09. The number of methoxy groups -OCH3 is 1. The molecule has 2 heteroatoms. The van der Waals surface area contributed by atoms with E-state index in [0.29, 0.717) is 0 Å². The van der Waals surface area contributed by atoms with E-state index in [1.54, 1.807) is 7.11 Å². The monoisotopic (exact) mass is 352 g/mol. The molecule has 0 fully saturated rings.